The molecule has 1 amide bonds. The van der Waals surface area contributed by atoms with Crippen molar-refractivity contribution in [1.29, 1.82) is 0 Å². The topological polar surface area (TPSA) is 54.3 Å². The zero-order valence-corrected chi connectivity index (χ0v) is 12.1. The number of carbonyl (C=O) groups is 1. The summed E-state index contributed by atoms with van der Waals surface area (Å²) in [6, 6.07) is 7.14. The number of aromatic nitrogens is 1. The van der Waals surface area contributed by atoms with E-state index in [2.05, 4.69) is 12.2 Å². The van der Waals surface area contributed by atoms with E-state index in [1.165, 1.54) is 0 Å². The lowest BCUT2D eigenvalue weighted by Crippen LogP contribution is -2.17. The maximum absolute atomic E-state index is 12.3. The molecule has 0 unspecified atom stereocenters. The van der Waals surface area contributed by atoms with Gasteiger partial charge in [0.2, 0.25) is 0 Å². The Morgan fingerprint density at radius 1 is 1.30 bits per heavy atom. The molecular weight excluding hydrogens is 252 g/mol. The zero-order chi connectivity index (χ0) is 14.7. The van der Waals surface area contributed by atoms with E-state index in [9.17, 15) is 9.90 Å². The molecule has 0 atom stereocenters. The van der Waals surface area contributed by atoms with Crippen LogP contribution in [0.15, 0.2) is 30.5 Å². The van der Waals surface area contributed by atoms with Crippen molar-refractivity contribution in [3.63, 3.8) is 0 Å². The van der Waals surface area contributed by atoms with E-state index in [-0.39, 0.29) is 11.7 Å². The summed E-state index contributed by atoms with van der Waals surface area (Å²) >= 11 is 0. The summed E-state index contributed by atoms with van der Waals surface area (Å²) < 4.78 is 1.94. The van der Waals surface area contributed by atoms with Crippen LogP contribution in [0.1, 0.15) is 35.0 Å². The first-order valence-corrected chi connectivity index (χ1v) is 6.79. The minimum Gasteiger partial charge on any atom is -0.508 e. The first-order valence-electron chi connectivity index (χ1n) is 6.79. The Labute approximate surface area is 119 Å². The number of nitrogens with zero attached hydrogens (tertiary/aromatic N) is 1. The summed E-state index contributed by atoms with van der Waals surface area (Å²) in [6.07, 6.45) is 2.89. The molecule has 1 aromatic heterocycles. The third kappa shape index (κ3) is 2.85. The summed E-state index contributed by atoms with van der Waals surface area (Å²) in [5.41, 5.74) is 2.97. The molecule has 2 N–H and O–H groups in total. The highest BCUT2D eigenvalue weighted by atomic mass is 16.3. The number of nitrogens with one attached hydrogen (secondary N) is 1. The van der Waals surface area contributed by atoms with Crippen molar-refractivity contribution in [2.24, 2.45) is 0 Å². The molecule has 0 saturated heterocycles. The van der Waals surface area contributed by atoms with Crippen molar-refractivity contribution >= 4 is 11.6 Å². The van der Waals surface area contributed by atoms with Gasteiger partial charge in [-0.05, 0) is 55.7 Å². The molecule has 0 aliphatic rings. The average molecular weight is 272 g/mol. The van der Waals surface area contributed by atoms with E-state index in [1.807, 2.05) is 36.7 Å². The fraction of sp³-hybridized carbons (Fsp3) is 0.312. The molecule has 1 heterocycles. The van der Waals surface area contributed by atoms with Crippen molar-refractivity contribution in [2.75, 3.05) is 5.32 Å². The summed E-state index contributed by atoms with van der Waals surface area (Å²) in [5.74, 6) is 0.117. The van der Waals surface area contributed by atoms with Crippen LogP contribution in [0.2, 0.25) is 0 Å². The van der Waals surface area contributed by atoms with E-state index >= 15 is 0 Å². The van der Waals surface area contributed by atoms with Crippen LogP contribution in [-0.4, -0.2) is 15.6 Å². The molecule has 0 bridgehead atoms. The largest absolute Gasteiger partial charge is 0.508 e. The molecule has 2 rings (SSSR count). The predicted octanol–water partition coefficient (Wildman–Crippen LogP) is 3.47. The second-order valence-electron chi connectivity index (χ2n) is 4.99. The molecule has 106 valence electrons. The van der Waals surface area contributed by atoms with Crippen LogP contribution in [0.3, 0.4) is 0 Å². The van der Waals surface area contributed by atoms with Crippen LogP contribution >= 0.6 is 0 Å². The van der Waals surface area contributed by atoms with Gasteiger partial charge in [0, 0.05) is 18.4 Å². The summed E-state index contributed by atoms with van der Waals surface area (Å²) in [6.45, 7) is 6.57. The molecule has 2 aromatic rings. The number of amides is 1. The highest BCUT2D eigenvalue weighted by molar-refractivity contribution is 6.03. The number of aromatic hydroxyl groups is 1. The van der Waals surface area contributed by atoms with Crippen molar-refractivity contribution < 1.29 is 9.90 Å². The third-order valence-corrected chi connectivity index (χ3v) is 3.32. The standard InChI is InChI=1S/C16H20N2O2/c1-4-7-18-8-5-6-14(18)16(20)17-13-9-12(3)15(19)10-11(13)2/h5-6,8-10,19H,4,7H2,1-3H3,(H,17,20). The number of phenols is 1. The van der Waals surface area contributed by atoms with Crippen molar-refractivity contribution in [3.8, 4) is 5.75 Å². The Morgan fingerprint density at radius 3 is 2.75 bits per heavy atom. The smallest absolute Gasteiger partial charge is 0.272 e. The number of anilines is 1. The number of carbonyl (C=O) groups excluding carboxylic acids is 1. The molecule has 0 fully saturated rings. The fourth-order valence-electron chi connectivity index (χ4n) is 2.18. The molecular formula is C16H20N2O2. The van der Waals surface area contributed by atoms with Gasteiger partial charge in [-0.1, -0.05) is 6.92 Å². The summed E-state index contributed by atoms with van der Waals surface area (Å²) in [7, 11) is 0. The van der Waals surface area contributed by atoms with Crippen LogP contribution in [0.5, 0.6) is 5.75 Å². The minimum atomic E-state index is -0.128. The number of hydrogen-bond donors (Lipinski definition) is 2. The van der Waals surface area contributed by atoms with E-state index in [0.29, 0.717) is 5.69 Å². The number of rotatable bonds is 4. The van der Waals surface area contributed by atoms with Gasteiger partial charge in [0.25, 0.3) is 5.91 Å². The van der Waals surface area contributed by atoms with E-state index < -0.39 is 0 Å². The monoisotopic (exact) mass is 272 g/mol. The molecule has 0 aliphatic carbocycles. The number of benzene rings is 1. The van der Waals surface area contributed by atoms with E-state index in [4.69, 9.17) is 0 Å². The highest BCUT2D eigenvalue weighted by Crippen LogP contribution is 2.25. The summed E-state index contributed by atoms with van der Waals surface area (Å²) in [5, 5.41) is 12.5. The first-order chi connectivity index (χ1) is 9.52. The van der Waals surface area contributed by atoms with Crippen molar-refractivity contribution in [1.82, 2.24) is 4.57 Å². The summed E-state index contributed by atoms with van der Waals surface area (Å²) in [4.78, 5) is 12.3. The lowest BCUT2D eigenvalue weighted by Gasteiger charge is -2.12. The predicted molar refractivity (Wildman–Crippen MR) is 80.3 cm³/mol. The van der Waals surface area contributed by atoms with Gasteiger partial charge in [-0.2, -0.15) is 0 Å². The maximum Gasteiger partial charge on any atom is 0.272 e. The zero-order valence-electron chi connectivity index (χ0n) is 12.1. The lowest BCUT2D eigenvalue weighted by molar-refractivity contribution is 0.101. The maximum atomic E-state index is 12.3. The van der Waals surface area contributed by atoms with Crippen LogP contribution in [0, 0.1) is 13.8 Å². The number of phenolic OH excluding ortho intramolecular Hbond substituents is 1. The van der Waals surface area contributed by atoms with E-state index in [1.54, 1.807) is 12.1 Å². The van der Waals surface area contributed by atoms with Gasteiger partial charge in [-0.25, -0.2) is 0 Å². The molecule has 0 aliphatic heterocycles. The van der Waals surface area contributed by atoms with Gasteiger partial charge in [0.15, 0.2) is 0 Å². The van der Waals surface area contributed by atoms with Gasteiger partial charge in [0.1, 0.15) is 11.4 Å². The Hall–Kier alpha value is -2.23. The fourth-order valence-corrected chi connectivity index (χ4v) is 2.18. The molecule has 4 heteroatoms. The molecule has 0 saturated carbocycles. The number of hydrogen-bond acceptors (Lipinski definition) is 2. The van der Waals surface area contributed by atoms with Crippen LogP contribution in [0.25, 0.3) is 0 Å². The minimum absolute atomic E-state index is 0.128. The van der Waals surface area contributed by atoms with Crippen molar-refractivity contribution in [3.05, 3.63) is 47.3 Å². The molecule has 0 spiro atoms. The van der Waals surface area contributed by atoms with Crippen LogP contribution < -0.4 is 5.32 Å². The second-order valence-corrected chi connectivity index (χ2v) is 4.99. The second kappa shape index (κ2) is 5.82. The van der Waals surface area contributed by atoms with Gasteiger partial charge in [-0.15, -0.1) is 0 Å². The molecule has 0 radical (unpaired) electrons. The lowest BCUT2D eigenvalue weighted by atomic mass is 10.1. The van der Waals surface area contributed by atoms with Gasteiger partial charge < -0.3 is 15.0 Å². The molecule has 20 heavy (non-hydrogen) atoms. The molecule has 1 aromatic carbocycles. The number of aryl methyl sites for hydroxylation is 3. The average Bonchev–Trinajstić information content (AvgIpc) is 2.84. The van der Waals surface area contributed by atoms with E-state index in [0.717, 1.165) is 29.8 Å². The third-order valence-electron chi connectivity index (χ3n) is 3.32. The van der Waals surface area contributed by atoms with Gasteiger partial charge in [0.05, 0.1) is 0 Å². The highest BCUT2D eigenvalue weighted by Gasteiger charge is 2.12. The SMILES string of the molecule is CCCn1cccc1C(=O)Nc1cc(C)c(O)cc1C. The van der Waals surface area contributed by atoms with Crippen LogP contribution in [-0.2, 0) is 6.54 Å². The first kappa shape index (κ1) is 14.2. The van der Waals surface area contributed by atoms with Gasteiger partial charge >= 0.3 is 0 Å². The molecule has 4 nitrogen and oxygen atoms in total. The normalized spacial score (nSPS) is 10.6. The van der Waals surface area contributed by atoms with Crippen molar-refractivity contribution in [2.45, 2.75) is 33.7 Å². The Balaban J connectivity index is 2.23. The van der Waals surface area contributed by atoms with Gasteiger partial charge in [-0.3, -0.25) is 4.79 Å². The Kier molecular flexibility index (Phi) is 4.13. The Bertz CT molecular complexity index is 629. The Morgan fingerprint density at radius 2 is 2.05 bits per heavy atom. The quantitative estimate of drug-likeness (QED) is 0.837. The van der Waals surface area contributed by atoms with Crippen LogP contribution in [0.4, 0.5) is 5.69 Å².